The fourth-order valence-electron chi connectivity index (χ4n) is 3.81. The van der Waals surface area contributed by atoms with E-state index in [0.29, 0.717) is 16.8 Å². The SMILES string of the molecule is CC.Cc1ccc(C(=O)C(c2ccccc2)C(C(=O)Nc2ccccc2)C(=C=O)C(C)C)cc1. The molecule has 4 nitrogen and oxygen atoms in total. The van der Waals surface area contributed by atoms with Crippen molar-refractivity contribution >= 4 is 23.3 Å². The minimum Gasteiger partial charge on any atom is -0.326 e. The molecule has 0 bridgehead atoms. The van der Waals surface area contributed by atoms with E-state index in [1.54, 1.807) is 24.3 Å². The molecule has 1 amide bonds. The summed E-state index contributed by atoms with van der Waals surface area (Å²) in [5.74, 6) is -0.738. The van der Waals surface area contributed by atoms with Crippen molar-refractivity contribution in [3.63, 3.8) is 0 Å². The average Bonchev–Trinajstić information content (AvgIpc) is 2.86. The van der Waals surface area contributed by atoms with Crippen LogP contribution < -0.4 is 5.32 Å². The number of para-hydroxylation sites is 1. The number of aryl methyl sites for hydroxylation is 1. The number of anilines is 1. The van der Waals surface area contributed by atoms with Crippen LogP contribution in [0.4, 0.5) is 5.69 Å². The number of carbonyl (C=O) groups excluding carboxylic acids is 3. The summed E-state index contributed by atoms with van der Waals surface area (Å²) in [6.07, 6.45) is 0. The Labute approximate surface area is 202 Å². The number of nitrogens with one attached hydrogen (secondary N) is 1. The molecule has 1 N–H and O–H groups in total. The lowest BCUT2D eigenvalue weighted by atomic mass is 9.74. The summed E-state index contributed by atoms with van der Waals surface area (Å²) in [5.41, 5.74) is 3.08. The van der Waals surface area contributed by atoms with Crippen LogP contribution in [-0.4, -0.2) is 17.6 Å². The number of ketones is 1. The second-order valence-electron chi connectivity index (χ2n) is 8.16. The third kappa shape index (κ3) is 6.63. The third-order valence-electron chi connectivity index (χ3n) is 5.51. The van der Waals surface area contributed by atoms with Gasteiger partial charge in [-0.2, -0.15) is 0 Å². The largest absolute Gasteiger partial charge is 0.326 e. The molecule has 34 heavy (non-hydrogen) atoms. The highest BCUT2D eigenvalue weighted by molar-refractivity contribution is 6.07. The molecule has 0 saturated heterocycles. The Morgan fingerprint density at radius 3 is 1.82 bits per heavy atom. The number of benzene rings is 3. The molecular formula is C30H33NO3. The van der Waals surface area contributed by atoms with Gasteiger partial charge in [0.15, 0.2) is 5.78 Å². The van der Waals surface area contributed by atoms with E-state index in [1.165, 1.54) is 0 Å². The van der Waals surface area contributed by atoms with Crippen LogP contribution >= 0.6 is 0 Å². The zero-order valence-electron chi connectivity index (χ0n) is 20.5. The molecule has 3 aromatic carbocycles. The maximum Gasteiger partial charge on any atom is 0.233 e. The summed E-state index contributed by atoms with van der Waals surface area (Å²) in [6.45, 7) is 9.62. The molecule has 0 fully saturated rings. The van der Waals surface area contributed by atoms with E-state index in [1.807, 2.05) is 101 Å². The van der Waals surface area contributed by atoms with Crippen LogP contribution in [0, 0.1) is 18.8 Å². The van der Waals surface area contributed by atoms with Crippen molar-refractivity contribution in [1.29, 1.82) is 0 Å². The van der Waals surface area contributed by atoms with Crippen LogP contribution in [0.5, 0.6) is 0 Å². The van der Waals surface area contributed by atoms with Crippen molar-refractivity contribution in [2.75, 3.05) is 5.32 Å². The molecule has 2 unspecified atom stereocenters. The zero-order chi connectivity index (χ0) is 25.1. The minimum absolute atomic E-state index is 0.210. The Balaban J connectivity index is 0.00000199. The molecule has 0 aliphatic heterocycles. The Morgan fingerprint density at radius 1 is 0.794 bits per heavy atom. The number of amides is 1. The van der Waals surface area contributed by atoms with Gasteiger partial charge in [0.2, 0.25) is 5.91 Å². The Morgan fingerprint density at radius 2 is 1.32 bits per heavy atom. The molecule has 2 atom stereocenters. The highest BCUT2D eigenvalue weighted by Crippen LogP contribution is 2.36. The lowest BCUT2D eigenvalue weighted by Crippen LogP contribution is -2.35. The topological polar surface area (TPSA) is 63.2 Å². The van der Waals surface area contributed by atoms with Gasteiger partial charge in [-0.15, -0.1) is 0 Å². The third-order valence-corrected chi connectivity index (χ3v) is 5.51. The van der Waals surface area contributed by atoms with Gasteiger partial charge in [-0.25, -0.2) is 4.79 Å². The highest BCUT2D eigenvalue weighted by Gasteiger charge is 2.39. The summed E-state index contributed by atoms with van der Waals surface area (Å²) >= 11 is 0. The normalized spacial score (nSPS) is 11.9. The first kappa shape index (κ1) is 26.5. The van der Waals surface area contributed by atoms with Gasteiger partial charge < -0.3 is 5.32 Å². The van der Waals surface area contributed by atoms with Crippen LogP contribution in [0.25, 0.3) is 0 Å². The Kier molecular flexibility index (Phi) is 10.2. The van der Waals surface area contributed by atoms with Gasteiger partial charge in [0, 0.05) is 16.8 Å². The van der Waals surface area contributed by atoms with Gasteiger partial charge in [0.05, 0.1) is 11.8 Å². The molecule has 4 heteroatoms. The quantitative estimate of drug-likeness (QED) is 0.305. The first-order valence-corrected chi connectivity index (χ1v) is 11.7. The van der Waals surface area contributed by atoms with Gasteiger partial charge in [0.1, 0.15) is 5.94 Å². The number of rotatable bonds is 8. The summed E-state index contributed by atoms with van der Waals surface area (Å²) < 4.78 is 0. The molecule has 0 heterocycles. The molecule has 176 valence electrons. The standard InChI is InChI=1S/C28H27NO3.C2H6/c1-19(2)24(18-30)26(28(32)29-23-12-8-5-9-13-23)25(21-10-6-4-7-11-21)27(31)22-16-14-20(3)15-17-22;1-2/h4-17,19,25-26H,1-3H3,(H,29,32);1-2H3. The number of hydrogen-bond donors (Lipinski definition) is 1. The van der Waals surface area contributed by atoms with Gasteiger partial charge in [-0.3, -0.25) is 9.59 Å². The number of Topliss-reactive ketones (excluding diaryl/α,β-unsaturated/α-hetero) is 1. The van der Waals surface area contributed by atoms with Crippen molar-refractivity contribution in [1.82, 2.24) is 0 Å². The van der Waals surface area contributed by atoms with Crippen LogP contribution in [0.15, 0.2) is 90.5 Å². The lowest BCUT2D eigenvalue weighted by molar-refractivity contribution is -0.119. The molecule has 3 aromatic rings. The molecule has 0 saturated carbocycles. The maximum atomic E-state index is 13.8. The summed E-state index contributed by atoms with van der Waals surface area (Å²) in [4.78, 5) is 39.4. The minimum atomic E-state index is -0.996. The summed E-state index contributed by atoms with van der Waals surface area (Å²) in [7, 11) is 0. The molecule has 0 aliphatic rings. The van der Waals surface area contributed by atoms with E-state index in [9.17, 15) is 14.4 Å². The van der Waals surface area contributed by atoms with Crippen molar-refractivity contribution in [3.8, 4) is 0 Å². The van der Waals surface area contributed by atoms with E-state index in [2.05, 4.69) is 5.32 Å². The molecular weight excluding hydrogens is 422 g/mol. The summed E-state index contributed by atoms with van der Waals surface area (Å²) in [6, 6.07) is 25.4. The second kappa shape index (κ2) is 13.1. The van der Waals surface area contributed by atoms with Crippen LogP contribution in [-0.2, 0) is 9.59 Å². The smallest absolute Gasteiger partial charge is 0.233 e. The zero-order valence-corrected chi connectivity index (χ0v) is 20.5. The van der Waals surface area contributed by atoms with E-state index in [-0.39, 0.29) is 17.3 Å². The van der Waals surface area contributed by atoms with E-state index in [0.717, 1.165) is 5.56 Å². The fraction of sp³-hybridized carbons (Fsp3) is 0.267. The fourth-order valence-corrected chi connectivity index (χ4v) is 3.81. The van der Waals surface area contributed by atoms with E-state index in [4.69, 9.17) is 0 Å². The van der Waals surface area contributed by atoms with Gasteiger partial charge in [0.25, 0.3) is 0 Å². The first-order chi connectivity index (χ1) is 16.4. The van der Waals surface area contributed by atoms with Gasteiger partial charge >= 0.3 is 0 Å². The lowest BCUT2D eigenvalue weighted by Gasteiger charge is -2.28. The average molecular weight is 456 g/mol. The van der Waals surface area contributed by atoms with Crippen LogP contribution in [0.1, 0.15) is 55.1 Å². The predicted octanol–water partition coefficient (Wildman–Crippen LogP) is 6.66. The molecule has 0 aliphatic carbocycles. The maximum absolute atomic E-state index is 13.8. The molecule has 0 spiro atoms. The van der Waals surface area contributed by atoms with Crippen molar-refractivity contribution < 1.29 is 14.4 Å². The molecule has 3 rings (SSSR count). The van der Waals surface area contributed by atoms with E-state index < -0.39 is 17.7 Å². The monoisotopic (exact) mass is 455 g/mol. The van der Waals surface area contributed by atoms with Crippen LogP contribution in [0.2, 0.25) is 0 Å². The van der Waals surface area contributed by atoms with Crippen LogP contribution in [0.3, 0.4) is 0 Å². The van der Waals surface area contributed by atoms with Gasteiger partial charge in [-0.05, 0) is 30.5 Å². The van der Waals surface area contributed by atoms with E-state index >= 15 is 0 Å². The summed E-state index contributed by atoms with van der Waals surface area (Å²) in [5, 5.41) is 2.89. The van der Waals surface area contributed by atoms with Crippen molar-refractivity contribution in [2.24, 2.45) is 11.8 Å². The predicted molar refractivity (Wildman–Crippen MR) is 139 cm³/mol. The van der Waals surface area contributed by atoms with Crippen molar-refractivity contribution in [3.05, 3.63) is 107 Å². The first-order valence-electron chi connectivity index (χ1n) is 11.7. The second-order valence-corrected chi connectivity index (χ2v) is 8.16. The highest BCUT2D eigenvalue weighted by atomic mass is 16.2. The Hall–Kier alpha value is -3.75. The van der Waals surface area contributed by atoms with Gasteiger partial charge in [-0.1, -0.05) is 106 Å². The Bertz CT molecular complexity index is 1110. The van der Waals surface area contributed by atoms with Crippen molar-refractivity contribution in [2.45, 2.75) is 40.5 Å². The molecule has 0 aromatic heterocycles. The number of carbonyl (C=O) groups is 2. The number of hydrogen-bond acceptors (Lipinski definition) is 3. The molecule has 0 radical (unpaired) electrons.